The third kappa shape index (κ3) is 5.12. The highest BCUT2D eigenvalue weighted by Gasteiger charge is 2.24. The van der Waals surface area contributed by atoms with Crippen LogP contribution >= 0.6 is 0 Å². The lowest BCUT2D eigenvalue weighted by atomic mass is 9.90. The summed E-state index contributed by atoms with van der Waals surface area (Å²) in [6.45, 7) is 1.61. The van der Waals surface area contributed by atoms with Crippen molar-refractivity contribution in [2.45, 2.75) is 26.2 Å². The Morgan fingerprint density at radius 3 is 2.42 bits per heavy atom. The Morgan fingerprint density at radius 1 is 1.26 bits per heavy atom. The third-order valence-electron chi connectivity index (χ3n) is 3.22. The number of ether oxygens (including phenoxy) is 1. The van der Waals surface area contributed by atoms with Crippen LogP contribution in [0.1, 0.15) is 25.3 Å². The number of rotatable bonds is 7. The van der Waals surface area contributed by atoms with Gasteiger partial charge in [0.1, 0.15) is 0 Å². The number of carbonyl (C=O) groups excluding carboxylic acids is 1. The van der Waals surface area contributed by atoms with E-state index in [1.54, 1.807) is 6.92 Å². The van der Waals surface area contributed by atoms with Crippen LogP contribution < -0.4 is 0 Å². The highest BCUT2D eigenvalue weighted by Crippen LogP contribution is 2.20. The molecule has 0 fully saturated rings. The quantitative estimate of drug-likeness (QED) is 0.769. The molecule has 0 saturated carbocycles. The van der Waals surface area contributed by atoms with E-state index in [2.05, 4.69) is 0 Å². The van der Waals surface area contributed by atoms with Gasteiger partial charge in [0.05, 0.1) is 18.9 Å². The first kappa shape index (κ1) is 15.2. The van der Waals surface area contributed by atoms with Gasteiger partial charge in [0.2, 0.25) is 0 Å². The van der Waals surface area contributed by atoms with Crippen LogP contribution in [-0.2, 0) is 20.7 Å². The summed E-state index contributed by atoms with van der Waals surface area (Å²) in [7, 11) is 1.34. The Hall–Kier alpha value is -1.84. The van der Waals surface area contributed by atoms with Gasteiger partial charge >= 0.3 is 11.9 Å². The molecule has 0 amide bonds. The molecule has 0 spiro atoms. The minimum Gasteiger partial charge on any atom is -0.481 e. The van der Waals surface area contributed by atoms with Crippen molar-refractivity contribution in [3.05, 3.63) is 35.9 Å². The molecule has 1 aromatic rings. The summed E-state index contributed by atoms with van der Waals surface area (Å²) in [5.74, 6) is -2.12. The molecule has 0 aliphatic carbocycles. The van der Waals surface area contributed by atoms with Gasteiger partial charge in [-0.3, -0.25) is 9.59 Å². The zero-order valence-corrected chi connectivity index (χ0v) is 11.3. The maximum absolute atomic E-state index is 11.7. The fraction of sp³-hybridized carbons (Fsp3) is 0.467. The standard InChI is InChI=1S/C15H20O4/c1-11(14(16)17)10-13(15(18)19-2)9-8-12-6-4-3-5-7-12/h3-7,11,13H,8-10H2,1-2H3,(H,16,17). The predicted octanol–water partition coefficient (Wildman–Crippen LogP) is 2.52. The van der Waals surface area contributed by atoms with E-state index in [-0.39, 0.29) is 11.9 Å². The smallest absolute Gasteiger partial charge is 0.308 e. The molecule has 0 heterocycles. The Balaban J connectivity index is 2.60. The molecule has 4 heteroatoms. The normalized spacial score (nSPS) is 13.6. The molecule has 1 aromatic carbocycles. The van der Waals surface area contributed by atoms with Crippen LogP contribution in [0.5, 0.6) is 0 Å². The van der Waals surface area contributed by atoms with E-state index in [0.717, 1.165) is 12.0 Å². The molecule has 0 aliphatic rings. The van der Waals surface area contributed by atoms with Crippen LogP contribution in [0.4, 0.5) is 0 Å². The van der Waals surface area contributed by atoms with Crippen molar-refractivity contribution in [1.82, 2.24) is 0 Å². The van der Waals surface area contributed by atoms with Crippen molar-refractivity contribution in [3.8, 4) is 0 Å². The molecule has 0 aromatic heterocycles. The van der Waals surface area contributed by atoms with E-state index in [4.69, 9.17) is 9.84 Å². The molecule has 2 unspecified atom stereocenters. The van der Waals surface area contributed by atoms with Gasteiger partial charge in [-0.2, -0.15) is 0 Å². The maximum Gasteiger partial charge on any atom is 0.308 e. The van der Waals surface area contributed by atoms with E-state index in [1.807, 2.05) is 30.3 Å². The third-order valence-corrected chi connectivity index (χ3v) is 3.22. The summed E-state index contributed by atoms with van der Waals surface area (Å²) in [5, 5.41) is 8.92. The van der Waals surface area contributed by atoms with Crippen molar-refractivity contribution < 1.29 is 19.4 Å². The second-order valence-corrected chi connectivity index (χ2v) is 4.72. The minimum atomic E-state index is -0.881. The van der Waals surface area contributed by atoms with Crippen LogP contribution in [0.2, 0.25) is 0 Å². The average Bonchev–Trinajstić information content (AvgIpc) is 2.43. The number of aryl methyl sites for hydroxylation is 1. The highest BCUT2D eigenvalue weighted by atomic mass is 16.5. The van der Waals surface area contributed by atoms with Crippen LogP contribution in [0.3, 0.4) is 0 Å². The number of benzene rings is 1. The van der Waals surface area contributed by atoms with E-state index >= 15 is 0 Å². The average molecular weight is 264 g/mol. The molecule has 0 aliphatic heterocycles. The van der Waals surface area contributed by atoms with E-state index < -0.39 is 11.9 Å². The first-order valence-corrected chi connectivity index (χ1v) is 6.39. The van der Waals surface area contributed by atoms with Gasteiger partial charge in [0.15, 0.2) is 0 Å². The van der Waals surface area contributed by atoms with Crippen LogP contribution in [-0.4, -0.2) is 24.2 Å². The Labute approximate surface area is 113 Å². The number of carboxylic acid groups (broad SMARTS) is 1. The van der Waals surface area contributed by atoms with E-state index in [9.17, 15) is 9.59 Å². The van der Waals surface area contributed by atoms with Gasteiger partial charge in [-0.05, 0) is 24.8 Å². The molecule has 0 radical (unpaired) electrons. The van der Waals surface area contributed by atoms with Gasteiger partial charge in [0.25, 0.3) is 0 Å². The van der Waals surface area contributed by atoms with Crippen LogP contribution in [0.15, 0.2) is 30.3 Å². The molecule has 1 rings (SSSR count). The second kappa shape index (κ2) is 7.56. The topological polar surface area (TPSA) is 63.6 Å². The molecule has 4 nitrogen and oxygen atoms in total. The van der Waals surface area contributed by atoms with Crippen molar-refractivity contribution in [2.24, 2.45) is 11.8 Å². The molecule has 19 heavy (non-hydrogen) atoms. The first-order valence-electron chi connectivity index (χ1n) is 6.39. The number of hydrogen-bond acceptors (Lipinski definition) is 3. The molecule has 104 valence electrons. The molecule has 2 atom stereocenters. The van der Waals surface area contributed by atoms with Crippen molar-refractivity contribution in [1.29, 1.82) is 0 Å². The Bertz CT molecular complexity index is 413. The zero-order valence-electron chi connectivity index (χ0n) is 11.3. The fourth-order valence-corrected chi connectivity index (χ4v) is 2.01. The summed E-state index contributed by atoms with van der Waals surface area (Å²) < 4.78 is 4.75. The van der Waals surface area contributed by atoms with Crippen molar-refractivity contribution in [3.63, 3.8) is 0 Å². The van der Waals surface area contributed by atoms with Gasteiger partial charge < -0.3 is 9.84 Å². The minimum absolute atomic E-state index is 0.314. The lowest BCUT2D eigenvalue weighted by Crippen LogP contribution is -2.23. The highest BCUT2D eigenvalue weighted by molar-refractivity contribution is 5.74. The summed E-state index contributed by atoms with van der Waals surface area (Å²) in [5.41, 5.74) is 1.14. The van der Waals surface area contributed by atoms with Crippen LogP contribution in [0, 0.1) is 11.8 Å². The number of carbonyl (C=O) groups is 2. The number of esters is 1. The van der Waals surface area contributed by atoms with Gasteiger partial charge in [-0.1, -0.05) is 37.3 Å². The monoisotopic (exact) mass is 264 g/mol. The summed E-state index contributed by atoms with van der Waals surface area (Å²) in [4.78, 5) is 22.5. The Morgan fingerprint density at radius 2 is 1.89 bits per heavy atom. The summed E-state index contributed by atoms with van der Waals surface area (Å²) in [6, 6.07) is 9.82. The van der Waals surface area contributed by atoms with Gasteiger partial charge in [-0.15, -0.1) is 0 Å². The lowest BCUT2D eigenvalue weighted by molar-refractivity contribution is -0.148. The van der Waals surface area contributed by atoms with Crippen LogP contribution in [0.25, 0.3) is 0 Å². The predicted molar refractivity (Wildman–Crippen MR) is 71.7 cm³/mol. The largest absolute Gasteiger partial charge is 0.481 e. The van der Waals surface area contributed by atoms with E-state index in [0.29, 0.717) is 12.8 Å². The molecule has 0 bridgehead atoms. The van der Waals surface area contributed by atoms with Crippen molar-refractivity contribution >= 4 is 11.9 Å². The zero-order chi connectivity index (χ0) is 14.3. The number of aliphatic carboxylic acids is 1. The fourth-order valence-electron chi connectivity index (χ4n) is 2.01. The summed E-state index contributed by atoms with van der Waals surface area (Å²) >= 11 is 0. The molecule has 0 saturated heterocycles. The molecular weight excluding hydrogens is 244 g/mol. The summed E-state index contributed by atoms with van der Waals surface area (Å²) in [6.07, 6.45) is 1.66. The van der Waals surface area contributed by atoms with Gasteiger partial charge in [-0.25, -0.2) is 0 Å². The number of methoxy groups -OCH3 is 1. The maximum atomic E-state index is 11.7. The number of carboxylic acids is 1. The van der Waals surface area contributed by atoms with Gasteiger partial charge in [0, 0.05) is 0 Å². The van der Waals surface area contributed by atoms with E-state index in [1.165, 1.54) is 7.11 Å². The molecule has 1 N–H and O–H groups in total. The first-order chi connectivity index (χ1) is 9.04. The number of hydrogen-bond donors (Lipinski definition) is 1. The van der Waals surface area contributed by atoms with Crippen molar-refractivity contribution in [2.75, 3.05) is 7.11 Å². The lowest BCUT2D eigenvalue weighted by Gasteiger charge is -2.16. The Kier molecular flexibility index (Phi) is 6.06. The molecular formula is C15H20O4. The second-order valence-electron chi connectivity index (χ2n) is 4.72. The SMILES string of the molecule is COC(=O)C(CCc1ccccc1)CC(C)C(=O)O.